The fourth-order valence-corrected chi connectivity index (χ4v) is 3.60. The zero-order chi connectivity index (χ0) is 18.2. The first-order chi connectivity index (χ1) is 13.3. The van der Waals surface area contributed by atoms with Gasteiger partial charge in [0.1, 0.15) is 5.75 Å². The van der Waals surface area contributed by atoms with E-state index in [1.165, 1.54) is 10.8 Å². The van der Waals surface area contributed by atoms with Crippen LogP contribution in [0.1, 0.15) is 0 Å². The third-order valence-electron chi connectivity index (χ3n) is 4.97. The molecule has 1 N–H and O–H groups in total. The van der Waals surface area contributed by atoms with Crippen LogP contribution in [-0.2, 0) is 0 Å². The second-order valence-corrected chi connectivity index (χ2v) is 6.65. The lowest BCUT2D eigenvalue weighted by atomic mass is 9.98. The number of benzene rings is 4. The standard InChI is InChI=1S/C25H17NO/c27-20-15-13-18(14-16-20)17-9-11-19(12-10-17)25-23-7-2-1-5-21(23)22-6-3-4-8-24(22)26-25/h1-16,27H. The van der Waals surface area contributed by atoms with Gasteiger partial charge in [0.05, 0.1) is 11.2 Å². The minimum atomic E-state index is 0.280. The molecular formula is C25H17NO. The Morgan fingerprint density at radius 3 is 1.70 bits per heavy atom. The number of para-hydroxylation sites is 1. The number of phenols is 1. The summed E-state index contributed by atoms with van der Waals surface area (Å²) in [5, 5.41) is 13.0. The number of hydrogen-bond donors (Lipinski definition) is 1. The van der Waals surface area contributed by atoms with Crippen LogP contribution in [0.2, 0.25) is 0 Å². The monoisotopic (exact) mass is 347 g/mol. The third kappa shape index (κ3) is 2.72. The minimum Gasteiger partial charge on any atom is -0.508 e. The molecule has 5 aromatic rings. The van der Waals surface area contributed by atoms with Crippen LogP contribution in [-0.4, -0.2) is 10.1 Å². The Balaban J connectivity index is 1.67. The van der Waals surface area contributed by atoms with Gasteiger partial charge in [0.2, 0.25) is 0 Å². The summed E-state index contributed by atoms with van der Waals surface area (Å²) in [6.45, 7) is 0. The Hall–Kier alpha value is -3.65. The van der Waals surface area contributed by atoms with E-state index < -0.39 is 0 Å². The van der Waals surface area contributed by atoms with E-state index in [1.54, 1.807) is 12.1 Å². The maximum absolute atomic E-state index is 9.48. The Kier molecular flexibility index (Phi) is 3.61. The molecule has 4 aromatic carbocycles. The lowest BCUT2D eigenvalue weighted by Gasteiger charge is -2.10. The fourth-order valence-electron chi connectivity index (χ4n) is 3.60. The van der Waals surface area contributed by atoms with Crippen LogP contribution in [0.4, 0.5) is 0 Å². The van der Waals surface area contributed by atoms with Crippen molar-refractivity contribution in [1.29, 1.82) is 0 Å². The predicted octanol–water partition coefficient (Wildman–Crippen LogP) is 6.43. The molecule has 27 heavy (non-hydrogen) atoms. The molecule has 0 radical (unpaired) electrons. The number of phenolic OH excluding ortho intramolecular Hbond substituents is 1. The highest BCUT2D eigenvalue weighted by atomic mass is 16.3. The third-order valence-corrected chi connectivity index (χ3v) is 4.97. The van der Waals surface area contributed by atoms with Gasteiger partial charge in [-0.3, -0.25) is 0 Å². The van der Waals surface area contributed by atoms with E-state index in [-0.39, 0.29) is 5.75 Å². The predicted molar refractivity (Wildman–Crippen MR) is 112 cm³/mol. The highest BCUT2D eigenvalue weighted by Crippen LogP contribution is 2.33. The molecule has 1 heterocycles. The van der Waals surface area contributed by atoms with Gasteiger partial charge in [-0.05, 0) is 34.7 Å². The first-order valence-electron chi connectivity index (χ1n) is 8.97. The van der Waals surface area contributed by atoms with E-state index in [1.807, 2.05) is 18.2 Å². The van der Waals surface area contributed by atoms with Crippen molar-refractivity contribution in [2.24, 2.45) is 0 Å². The van der Waals surface area contributed by atoms with E-state index in [9.17, 15) is 5.11 Å². The number of pyridine rings is 1. The smallest absolute Gasteiger partial charge is 0.115 e. The summed E-state index contributed by atoms with van der Waals surface area (Å²) >= 11 is 0. The van der Waals surface area contributed by atoms with Gasteiger partial charge in [-0.25, -0.2) is 4.98 Å². The van der Waals surface area contributed by atoms with Gasteiger partial charge in [-0.2, -0.15) is 0 Å². The quantitative estimate of drug-likeness (QED) is 0.373. The molecule has 0 aliphatic rings. The largest absolute Gasteiger partial charge is 0.508 e. The van der Waals surface area contributed by atoms with Crippen molar-refractivity contribution in [1.82, 2.24) is 4.98 Å². The van der Waals surface area contributed by atoms with Crippen LogP contribution in [0.3, 0.4) is 0 Å². The van der Waals surface area contributed by atoms with E-state index in [0.717, 1.165) is 33.3 Å². The zero-order valence-corrected chi connectivity index (χ0v) is 14.6. The number of aromatic nitrogens is 1. The summed E-state index contributed by atoms with van der Waals surface area (Å²) in [4.78, 5) is 4.95. The van der Waals surface area contributed by atoms with Gasteiger partial charge < -0.3 is 5.11 Å². The fraction of sp³-hybridized carbons (Fsp3) is 0. The first-order valence-corrected chi connectivity index (χ1v) is 8.97. The molecule has 1 aromatic heterocycles. The summed E-state index contributed by atoms with van der Waals surface area (Å²) in [6, 6.07) is 32.4. The van der Waals surface area contributed by atoms with Crippen molar-refractivity contribution in [3.05, 3.63) is 97.1 Å². The Bertz CT molecular complexity index is 1260. The SMILES string of the molecule is Oc1ccc(-c2ccc(-c3nc4ccccc4c4ccccc34)cc2)cc1. The maximum Gasteiger partial charge on any atom is 0.115 e. The highest BCUT2D eigenvalue weighted by molar-refractivity contribution is 6.10. The molecule has 128 valence electrons. The number of fused-ring (bicyclic) bond motifs is 3. The lowest BCUT2D eigenvalue weighted by Crippen LogP contribution is -1.89. The molecule has 0 amide bonds. The number of nitrogens with zero attached hydrogens (tertiary/aromatic N) is 1. The second-order valence-electron chi connectivity index (χ2n) is 6.65. The molecule has 0 aliphatic heterocycles. The molecule has 0 atom stereocenters. The molecular weight excluding hydrogens is 330 g/mol. The summed E-state index contributed by atoms with van der Waals surface area (Å²) in [5.74, 6) is 0.280. The highest BCUT2D eigenvalue weighted by Gasteiger charge is 2.10. The van der Waals surface area contributed by atoms with Crippen LogP contribution in [0.5, 0.6) is 5.75 Å². The van der Waals surface area contributed by atoms with Crippen LogP contribution >= 0.6 is 0 Å². The molecule has 0 aliphatic carbocycles. The summed E-state index contributed by atoms with van der Waals surface area (Å²) in [6.07, 6.45) is 0. The van der Waals surface area contributed by atoms with Gasteiger partial charge in [-0.1, -0.05) is 78.9 Å². The minimum absolute atomic E-state index is 0.280. The molecule has 0 unspecified atom stereocenters. The van der Waals surface area contributed by atoms with Crippen LogP contribution in [0, 0.1) is 0 Å². The molecule has 5 rings (SSSR count). The van der Waals surface area contributed by atoms with Gasteiger partial charge in [0.15, 0.2) is 0 Å². The average Bonchev–Trinajstić information content (AvgIpc) is 2.74. The normalized spacial score (nSPS) is 11.1. The topological polar surface area (TPSA) is 33.1 Å². The zero-order valence-electron chi connectivity index (χ0n) is 14.6. The number of hydrogen-bond acceptors (Lipinski definition) is 2. The number of aromatic hydroxyl groups is 1. The van der Waals surface area contributed by atoms with Crippen molar-refractivity contribution in [2.75, 3.05) is 0 Å². The maximum atomic E-state index is 9.48. The van der Waals surface area contributed by atoms with E-state index in [0.29, 0.717) is 0 Å². The first kappa shape index (κ1) is 15.6. The Morgan fingerprint density at radius 2 is 1.00 bits per heavy atom. The molecule has 2 nitrogen and oxygen atoms in total. The van der Waals surface area contributed by atoms with Crippen molar-refractivity contribution < 1.29 is 5.11 Å². The van der Waals surface area contributed by atoms with Crippen molar-refractivity contribution in [2.45, 2.75) is 0 Å². The molecule has 0 saturated carbocycles. The van der Waals surface area contributed by atoms with Gasteiger partial charge in [0.25, 0.3) is 0 Å². The van der Waals surface area contributed by atoms with Crippen LogP contribution < -0.4 is 0 Å². The van der Waals surface area contributed by atoms with E-state index in [4.69, 9.17) is 4.98 Å². The summed E-state index contributed by atoms with van der Waals surface area (Å²) in [7, 11) is 0. The molecule has 0 saturated heterocycles. The van der Waals surface area contributed by atoms with E-state index >= 15 is 0 Å². The van der Waals surface area contributed by atoms with Crippen LogP contribution in [0.15, 0.2) is 97.1 Å². The van der Waals surface area contributed by atoms with Gasteiger partial charge in [0, 0.05) is 16.3 Å². The van der Waals surface area contributed by atoms with Crippen molar-refractivity contribution in [3.63, 3.8) is 0 Å². The van der Waals surface area contributed by atoms with Gasteiger partial charge in [-0.15, -0.1) is 0 Å². The average molecular weight is 347 g/mol. The lowest BCUT2D eigenvalue weighted by molar-refractivity contribution is 0.475. The second kappa shape index (κ2) is 6.26. The summed E-state index contributed by atoms with van der Waals surface area (Å²) < 4.78 is 0. The Morgan fingerprint density at radius 1 is 0.481 bits per heavy atom. The van der Waals surface area contributed by atoms with E-state index in [2.05, 4.69) is 66.7 Å². The Labute approximate surface area is 157 Å². The van der Waals surface area contributed by atoms with Crippen molar-refractivity contribution >= 4 is 21.7 Å². The van der Waals surface area contributed by atoms with Crippen molar-refractivity contribution in [3.8, 4) is 28.1 Å². The molecule has 2 heteroatoms. The van der Waals surface area contributed by atoms with Gasteiger partial charge >= 0.3 is 0 Å². The number of rotatable bonds is 2. The molecule has 0 spiro atoms. The van der Waals surface area contributed by atoms with Crippen LogP contribution in [0.25, 0.3) is 44.1 Å². The summed E-state index contributed by atoms with van der Waals surface area (Å²) in [5.41, 5.74) is 5.30. The molecule has 0 fully saturated rings. The molecule has 0 bridgehead atoms.